The zero-order valence-corrected chi connectivity index (χ0v) is 11.6. The van der Waals surface area contributed by atoms with Crippen LogP contribution in [0.5, 0.6) is 0 Å². The number of hydrogen-bond donors (Lipinski definition) is 3. The van der Waals surface area contributed by atoms with Crippen LogP contribution in [0, 0.1) is 17.2 Å². The minimum absolute atomic E-state index is 0.289. The lowest BCUT2D eigenvalue weighted by molar-refractivity contribution is -0.145. The summed E-state index contributed by atoms with van der Waals surface area (Å²) in [6.45, 7) is 3.34. The maximum absolute atomic E-state index is 12.1. The minimum Gasteiger partial charge on any atom is -0.480 e. The highest BCUT2D eigenvalue weighted by molar-refractivity contribution is 5.85. The second-order valence-electron chi connectivity index (χ2n) is 5.11. The maximum atomic E-state index is 12.1. The van der Waals surface area contributed by atoms with Crippen molar-refractivity contribution < 1.29 is 19.8 Å². The van der Waals surface area contributed by atoms with Crippen LogP contribution in [0.25, 0.3) is 0 Å². The first-order valence-corrected chi connectivity index (χ1v) is 6.76. The van der Waals surface area contributed by atoms with Gasteiger partial charge in [0.05, 0.1) is 18.1 Å². The van der Waals surface area contributed by atoms with Crippen LogP contribution in [0.3, 0.4) is 0 Å². The smallest absolute Gasteiger partial charge is 0.328 e. The Hall–Kier alpha value is -1.65. The number of hydrogen-bond acceptors (Lipinski definition) is 5. The van der Waals surface area contributed by atoms with Crippen molar-refractivity contribution in [3.05, 3.63) is 0 Å². The van der Waals surface area contributed by atoms with Gasteiger partial charge in [-0.2, -0.15) is 5.26 Å². The summed E-state index contributed by atoms with van der Waals surface area (Å²) in [6, 6.07) is 0.788. The van der Waals surface area contributed by atoms with E-state index >= 15 is 0 Å². The van der Waals surface area contributed by atoms with Crippen molar-refractivity contribution in [2.24, 2.45) is 5.92 Å². The summed E-state index contributed by atoms with van der Waals surface area (Å²) < 4.78 is 0. The molecule has 3 N–H and O–H groups in total. The third-order valence-corrected chi connectivity index (χ3v) is 3.46. The number of nitriles is 1. The molecule has 0 spiro atoms. The number of likely N-dealkylation sites (tertiary alicyclic amines) is 1. The van der Waals surface area contributed by atoms with Crippen LogP contribution in [0.1, 0.15) is 26.2 Å². The molecule has 0 bridgehead atoms. The summed E-state index contributed by atoms with van der Waals surface area (Å²) in [7, 11) is 0. The first kappa shape index (κ1) is 16.4. The van der Waals surface area contributed by atoms with E-state index in [1.807, 2.05) is 4.90 Å². The molecule has 3 unspecified atom stereocenters. The third-order valence-electron chi connectivity index (χ3n) is 3.46. The summed E-state index contributed by atoms with van der Waals surface area (Å²) in [5.41, 5.74) is 0. The molecule has 1 aliphatic rings. The number of rotatable bonds is 6. The van der Waals surface area contributed by atoms with E-state index in [9.17, 15) is 14.7 Å². The highest BCUT2D eigenvalue weighted by atomic mass is 16.4. The number of carboxylic acids is 1. The van der Waals surface area contributed by atoms with Gasteiger partial charge in [-0.1, -0.05) is 0 Å². The number of carbonyl (C=O) groups excluding carboxylic acids is 1. The van der Waals surface area contributed by atoms with Crippen molar-refractivity contribution in [1.82, 2.24) is 10.2 Å². The third kappa shape index (κ3) is 4.79. The fraction of sp³-hybridized carbons (Fsp3) is 0.769. The first-order valence-electron chi connectivity index (χ1n) is 6.76. The zero-order valence-electron chi connectivity index (χ0n) is 11.6. The molecule has 0 radical (unpaired) electrons. The predicted octanol–water partition coefficient (Wildman–Crippen LogP) is -0.438. The van der Waals surface area contributed by atoms with E-state index in [4.69, 9.17) is 10.4 Å². The Bertz CT molecular complexity index is 392. The van der Waals surface area contributed by atoms with E-state index in [0.29, 0.717) is 25.9 Å². The lowest BCUT2D eigenvalue weighted by Gasteiger charge is -2.32. The summed E-state index contributed by atoms with van der Waals surface area (Å²) in [5.74, 6) is -1.88. The van der Waals surface area contributed by atoms with Gasteiger partial charge in [-0.05, 0) is 26.3 Å². The lowest BCUT2D eigenvalue weighted by Crippen LogP contribution is -2.52. The molecule has 1 amide bonds. The van der Waals surface area contributed by atoms with E-state index in [-0.39, 0.29) is 11.8 Å². The van der Waals surface area contributed by atoms with E-state index in [1.165, 1.54) is 6.92 Å². The van der Waals surface area contributed by atoms with Gasteiger partial charge in [-0.25, -0.2) is 4.79 Å². The minimum atomic E-state index is -1.28. The van der Waals surface area contributed by atoms with Gasteiger partial charge >= 0.3 is 5.97 Å². The molecule has 0 aromatic rings. The van der Waals surface area contributed by atoms with Crippen LogP contribution in [0.2, 0.25) is 0 Å². The molecule has 20 heavy (non-hydrogen) atoms. The second kappa shape index (κ2) is 7.82. The van der Waals surface area contributed by atoms with E-state index in [0.717, 1.165) is 13.0 Å². The quantitative estimate of drug-likeness (QED) is 0.609. The van der Waals surface area contributed by atoms with Crippen molar-refractivity contribution in [3.63, 3.8) is 0 Å². The monoisotopic (exact) mass is 283 g/mol. The van der Waals surface area contributed by atoms with Crippen LogP contribution >= 0.6 is 0 Å². The average molecular weight is 283 g/mol. The molecule has 3 atom stereocenters. The van der Waals surface area contributed by atoms with Gasteiger partial charge in [0, 0.05) is 19.5 Å². The van der Waals surface area contributed by atoms with Gasteiger partial charge in [-0.3, -0.25) is 4.79 Å². The largest absolute Gasteiger partial charge is 0.480 e. The van der Waals surface area contributed by atoms with E-state index in [1.54, 1.807) is 0 Å². The Kier molecular flexibility index (Phi) is 6.42. The Morgan fingerprint density at radius 2 is 2.25 bits per heavy atom. The Morgan fingerprint density at radius 3 is 2.80 bits per heavy atom. The number of carboxylic acid groups (broad SMARTS) is 1. The molecule has 7 nitrogen and oxygen atoms in total. The molecule has 0 saturated carbocycles. The van der Waals surface area contributed by atoms with Crippen molar-refractivity contribution in [1.29, 1.82) is 5.26 Å². The molecule has 1 heterocycles. The zero-order chi connectivity index (χ0) is 15.1. The topological polar surface area (TPSA) is 114 Å². The molecule has 112 valence electrons. The van der Waals surface area contributed by atoms with Gasteiger partial charge in [0.25, 0.3) is 0 Å². The molecule has 1 rings (SSSR count). The molecule has 0 aliphatic carbocycles. The number of nitrogens with one attached hydrogen (secondary N) is 1. The van der Waals surface area contributed by atoms with Crippen LogP contribution in [-0.2, 0) is 9.59 Å². The molecule has 0 aromatic carbocycles. The number of piperidine rings is 1. The Labute approximate surface area is 118 Å². The molecular weight excluding hydrogens is 262 g/mol. The van der Waals surface area contributed by atoms with Gasteiger partial charge in [-0.15, -0.1) is 0 Å². The highest BCUT2D eigenvalue weighted by Crippen LogP contribution is 2.17. The fourth-order valence-corrected chi connectivity index (χ4v) is 2.34. The SMILES string of the molecule is CC(O)C(NC(=O)C1CCCN(CCC#N)C1)C(=O)O. The maximum Gasteiger partial charge on any atom is 0.328 e. The van der Waals surface area contributed by atoms with Crippen LogP contribution in [-0.4, -0.2) is 58.8 Å². The second-order valence-corrected chi connectivity index (χ2v) is 5.11. The van der Waals surface area contributed by atoms with Gasteiger partial charge in [0.1, 0.15) is 0 Å². The predicted molar refractivity (Wildman–Crippen MR) is 70.6 cm³/mol. The molecular formula is C13H21N3O4. The van der Waals surface area contributed by atoms with Gasteiger partial charge in [0.2, 0.25) is 5.91 Å². The number of aliphatic hydroxyl groups is 1. The molecule has 1 aliphatic heterocycles. The summed E-state index contributed by atoms with van der Waals surface area (Å²) in [5, 5.41) is 29.2. The number of aliphatic carboxylic acids is 1. The Morgan fingerprint density at radius 1 is 1.55 bits per heavy atom. The standard InChI is InChI=1S/C13H21N3O4/c1-9(17)11(13(19)20)15-12(18)10-4-2-6-16(8-10)7-3-5-14/h9-11,17H,2-4,6-8H2,1H3,(H,15,18)(H,19,20). The molecule has 1 saturated heterocycles. The van der Waals surface area contributed by atoms with Crippen LogP contribution in [0.4, 0.5) is 0 Å². The van der Waals surface area contributed by atoms with Gasteiger partial charge < -0.3 is 20.4 Å². The molecule has 1 fully saturated rings. The lowest BCUT2D eigenvalue weighted by atomic mass is 9.96. The van der Waals surface area contributed by atoms with E-state index < -0.39 is 18.1 Å². The number of carbonyl (C=O) groups is 2. The molecule has 7 heteroatoms. The fourth-order valence-electron chi connectivity index (χ4n) is 2.34. The number of nitrogens with zero attached hydrogens (tertiary/aromatic N) is 2. The van der Waals surface area contributed by atoms with Crippen molar-refractivity contribution in [2.45, 2.75) is 38.3 Å². The Balaban J connectivity index is 2.54. The summed E-state index contributed by atoms with van der Waals surface area (Å²) in [4.78, 5) is 25.0. The van der Waals surface area contributed by atoms with E-state index in [2.05, 4.69) is 11.4 Å². The van der Waals surface area contributed by atoms with Gasteiger partial charge in [0.15, 0.2) is 6.04 Å². The van der Waals surface area contributed by atoms with Crippen molar-refractivity contribution in [2.75, 3.05) is 19.6 Å². The van der Waals surface area contributed by atoms with Crippen molar-refractivity contribution >= 4 is 11.9 Å². The summed E-state index contributed by atoms with van der Waals surface area (Å²) in [6.07, 6.45) is 0.811. The highest BCUT2D eigenvalue weighted by Gasteiger charge is 2.30. The normalized spacial score (nSPS) is 22.6. The number of aliphatic hydroxyl groups excluding tert-OH is 1. The molecule has 0 aromatic heterocycles. The van der Waals surface area contributed by atoms with Crippen molar-refractivity contribution in [3.8, 4) is 6.07 Å². The van der Waals surface area contributed by atoms with Crippen LogP contribution in [0.15, 0.2) is 0 Å². The first-order chi connectivity index (χ1) is 9.45. The average Bonchev–Trinajstić information content (AvgIpc) is 2.41. The number of amides is 1. The summed E-state index contributed by atoms with van der Waals surface area (Å²) >= 11 is 0. The van der Waals surface area contributed by atoms with Crippen LogP contribution < -0.4 is 5.32 Å².